The highest BCUT2D eigenvalue weighted by atomic mass is 16.5. The first-order valence-corrected chi connectivity index (χ1v) is 9.16. The van der Waals surface area contributed by atoms with Gasteiger partial charge >= 0.3 is 0 Å². The molecule has 1 N–H and O–H groups in total. The molecular weight excluding hydrogens is 358 g/mol. The van der Waals surface area contributed by atoms with Gasteiger partial charge in [-0.15, -0.1) is 0 Å². The predicted molar refractivity (Wildman–Crippen MR) is 104 cm³/mol. The molecule has 0 saturated carbocycles. The zero-order valence-corrected chi connectivity index (χ0v) is 16.1. The van der Waals surface area contributed by atoms with E-state index in [9.17, 15) is 9.59 Å². The van der Waals surface area contributed by atoms with Gasteiger partial charge in [0.2, 0.25) is 5.76 Å². The molecule has 7 heteroatoms. The number of quaternary nitrogens is 1. The molecule has 1 atom stereocenters. The molecule has 7 nitrogen and oxygen atoms in total. The summed E-state index contributed by atoms with van der Waals surface area (Å²) in [4.78, 5) is 33.6. The first kappa shape index (κ1) is 18.2. The van der Waals surface area contributed by atoms with Gasteiger partial charge in [0.05, 0.1) is 51.3 Å². The van der Waals surface area contributed by atoms with E-state index in [0.29, 0.717) is 28.8 Å². The zero-order valence-electron chi connectivity index (χ0n) is 16.1. The summed E-state index contributed by atoms with van der Waals surface area (Å²) in [5.74, 6) is 0.401. The number of pyridine rings is 1. The largest absolute Gasteiger partial charge is 0.497 e. The van der Waals surface area contributed by atoms with Crippen LogP contribution in [0, 0.1) is 0 Å². The first-order chi connectivity index (χ1) is 13.5. The number of hydrogen-bond donors (Lipinski definition) is 1. The number of carbonyl (C=O) groups is 1. The third-order valence-corrected chi connectivity index (χ3v) is 5.03. The Morgan fingerprint density at radius 3 is 2.75 bits per heavy atom. The monoisotopic (exact) mass is 380 g/mol. The number of rotatable bonds is 5. The van der Waals surface area contributed by atoms with E-state index in [-0.39, 0.29) is 17.1 Å². The molecule has 0 aliphatic carbocycles. The maximum atomic E-state index is 13.3. The lowest BCUT2D eigenvalue weighted by Crippen LogP contribution is -3.06. The zero-order chi connectivity index (χ0) is 19.8. The predicted octanol–water partition coefficient (Wildman–Crippen LogP) is 0.886. The molecule has 4 rings (SSSR count). The quantitative estimate of drug-likeness (QED) is 0.711. The van der Waals surface area contributed by atoms with Crippen LogP contribution in [-0.4, -0.2) is 50.1 Å². The standard InChI is InChI=1S/C21H21N3O4/c1-23(2)9-10-24-18(13-5-4-8-22-12-13)17-19(25)15-7-6-14(27-3)11-16(15)28-20(17)21(24)26/h4-8,11-12,18H,9-10H2,1-3H3/p+1/t18-/m0/s1. The molecule has 0 radical (unpaired) electrons. The van der Waals surface area contributed by atoms with Crippen LogP contribution in [0.4, 0.5) is 0 Å². The van der Waals surface area contributed by atoms with Crippen molar-refractivity contribution in [2.24, 2.45) is 0 Å². The van der Waals surface area contributed by atoms with Crippen molar-refractivity contribution in [3.63, 3.8) is 0 Å². The van der Waals surface area contributed by atoms with Crippen LogP contribution >= 0.6 is 0 Å². The minimum absolute atomic E-state index is 0.105. The van der Waals surface area contributed by atoms with Crippen LogP contribution in [0.3, 0.4) is 0 Å². The number of methoxy groups -OCH3 is 1. The van der Waals surface area contributed by atoms with Gasteiger partial charge in [-0.3, -0.25) is 14.6 Å². The van der Waals surface area contributed by atoms with Gasteiger partial charge in [0.15, 0.2) is 5.43 Å². The van der Waals surface area contributed by atoms with E-state index in [1.807, 2.05) is 20.2 Å². The summed E-state index contributed by atoms with van der Waals surface area (Å²) in [6.07, 6.45) is 3.37. The Bertz CT molecular complexity index is 1090. The van der Waals surface area contributed by atoms with Gasteiger partial charge in [-0.2, -0.15) is 0 Å². The molecule has 0 spiro atoms. The number of carbonyl (C=O) groups excluding carboxylic acids is 1. The number of amides is 1. The summed E-state index contributed by atoms with van der Waals surface area (Å²) in [7, 11) is 5.59. The number of likely N-dealkylation sites (N-methyl/N-ethyl adjacent to an activating group) is 1. The first-order valence-electron chi connectivity index (χ1n) is 9.16. The van der Waals surface area contributed by atoms with E-state index in [1.54, 1.807) is 48.7 Å². The minimum Gasteiger partial charge on any atom is -0.497 e. The Labute approximate surface area is 162 Å². The Morgan fingerprint density at radius 2 is 2.07 bits per heavy atom. The molecule has 3 heterocycles. The van der Waals surface area contributed by atoms with Gasteiger partial charge in [-0.1, -0.05) is 6.07 Å². The van der Waals surface area contributed by atoms with Crippen molar-refractivity contribution in [3.8, 4) is 5.75 Å². The highest BCUT2D eigenvalue weighted by molar-refractivity contribution is 5.99. The number of benzene rings is 1. The van der Waals surface area contributed by atoms with Crippen LogP contribution in [0.5, 0.6) is 5.75 Å². The minimum atomic E-state index is -0.502. The summed E-state index contributed by atoms with van der Waals surface area (Å²) < 4.78 is 11.1. The van der Waals surface area contributed by atoms with Gasteiger partial charge in [0, 0.05) is 18.5 Å². The van der Waals surface area contributed by atoms with Gasteiger partial charge in [-0.25, -0.2) is 0 Å². The maximum Gasteiger partial charge on any atom is 0.291 e. The fourth-order valence-corrected chi connectivity index (χ4v) is 3.58. The number of hydrogen-bond acceptors (Lipinski definition) is 5. The lowest BCUT2D eigenvalue weighted by atomic mass is 10.00. The van der Waals surface area contributed by atoms with Crippen LogP contribution in [-0.2, 0) is 0 Å². The molecule has 0 saturated heterocycles. The van der Waals surface area contributed by atoms with Crippen molar-refractivity contribution in [2.45, 2.75) is 6.04 Å². The van der Waals surface area contributed by atoms with Crippen LogP contribution in [0.15, 0.2) is 51.9 Å². The van der Waals surface area contributed by atoms with Crippen LogP contribution in [0.25, 0.3) is 11.0 Å². The summed E-state index contributed by atoms with van der Waals surface area (Å²) in [5, 5.41) is 0.432. The number of aromatic nitrogens is 1. The van der Waals surface area contributed by atoms with Gasteiger partial charge < -0.3 is 19.0 Å². The molecule has 2 aromatic heterocycles. The summed E-state index contributed by atoms with van der Waals surface area (Å²) in [5.41, 5.74) is 1.33. The Kier molecular flexibility index (Phi) is 4.60. The van der Waals surface area contributed by atoms with Crippen LogP contribution in [0.2, 0.25) is 0 Å². The number of nitrogens with zero attached hydrogens (tertiary/aromatic N) is 2. The van der Waals surface area contributed by atoms with Gasteiger partial charge in [0.25, 0.3) is 5.91 Å². The van der Waals surface area contributed by atoms with Crippen molar-refractivity contribution in [2.75, 3.05) is 34.3 Å². The smallest absolute Gasteiger partial charge is 0.291 e. The lowest BCUT2D eigenvalue weighted by molar-refractivity contribution is -0.857. The van der Waals surface area contributed by atoms with E-state index >= 15 is 0 Å². The molecule has 144 valence electrons. The summed E-state index contributed by atoms with van der Waals surface area (Å²) >= 11 is 0. The van der Waals surface area contributed by atoms with E-state index in [4.69, 9.17) is 9.15 Å². The van der Waals surface area contributed by atoms with Gasteiger partial charge in [0.1, 0.15) is 11.3 Å². The second kappa shape index (κ2) is 7.09. The third-order valence-electron chi connectivity index (χ3n) is 5.03. The normalized spacial score (nSPS) is 16.1. The molecule has 1 aromatic carbocycles. The second-order valence-electron chi connectivity index (χ2n) is 7.18. The van der Waals surface area contributed by atoms with Crippen molar-refractivity contribution < 1.29 is 18.8 Å². The summed E-state index contributed by atoms with van der Waals surface area (Å²) in [6.45, 7) is 1.25. The molecular formula is C21H22N3O4+. The maximum absolute atomic E-state index is 13.3. The average Bonchev–Trinajstić information content (AvgIpc) is 2.99. The van der Waals surface area contributed by atoms with E-state index in [1.165, 1.54) is 4.90 Å². The fourth-order valence-electron chi connectivity index (χ4n) is 3.58. The van der Waals surface area contributed by atoms with E-state index < -0.39 is 6.04 Å². The van der Waals surface area contributed by atoms with Crippen molar-refractivity contribution in [1.29, 1.82) is 0 Å². The highest BCUT2D eigenvalue weighted by Gasteiger charge is 2.42. The van der Waals surface area contributed by atoms with E-state index in [2.05, 4.69) is 4.98 Å². The molecule has 1 aliphatic heterocycles. The fraction of sp³-hybridized carbons (Fsp3) is 0.286. The number of ether oxygens (including phenoxy) is 1. The molecule has 0 bridgehead atoms. The van der Waals surface area contributed by atoms with Crippen molar-refractivity contribution in [1.82, 2.24) is 9.88 Å². The lowest BCUT2D eigenvalue weighted by Gasteiger charge is -2.25. The van der Waals surface area contributed by atoms with E-state index in [0.717, 1.165) is 12.1 Å². The Balaban J connectivity index is 1.93. The molecule has 0 fully saturated rings. The Hall–Kier alpha value is -3.19. The molecule has 1 amide bonds. The third kappa shape index (κ3) is 2.93. The number of nitrogens with one attached hydrogen (secondary N) is 1. The topological polar surface area (TPSA) is 77.1 Å². The SMILES string of the molecule is COc1ccc2c(=O)c3c(oc2c1)C(=O)N(CC[NH+](C)C)[C@H]3c1cccnc1. The van der Waals surface area contributed by atoms with Crippen LogP contribution in [0.1, 0.15) is 27.7 Å². The second-order valence-corrected chi connectivity index (χ2v) is 7.18. The molecule has 0 unspecified atom stereocenters. The van der Waals surface area contributed by atoms with Crippen molar-refractivity contribution >= 4 is 16.9 Å². The Morgan fingerprint density at radius 1 is 1.25 bits per heavy atom. The molecule has 28 heavy (non-hydrogen) atoms. The summed E-state index contributed by atoms with van der Waals surface area (Å²) in [6, 6.07) is 8.22. The highest BCUT2D eigenvalue weighted by Crippen LogP contribution is 2.37. The number of fused-ring (bicyclic) bond motifs is 2. The molecule has 1 aliphatic rings. The molecule has 3 aromatic rings. The average molecular weight is 380 g/mol. The van der Waals surface area contributed by atoms with Crippen LogP contribution < -0.4 is 15.1 Å². The van der Waals surface area contributed by atoms with Crippen molar-refractivity contribution in [3.05, 3.63) is 69.8 Å². The van der Waals surface area contributed by atoms with Gasteiger partial charge in [-0.05, 0) is 23.8 Å².